The van der Waals surface area contributed by atoms with E-state index in [1.165, 1.54) is 0 Å². The number of allylic oxidation sites excluding steroid dienone is 2. The highest BCUT2D eigenvalue weighted by Crippen LogP contribution is 2.39. The van der Waals surface area contributed by atoms with Gasteiger partial charge in [0.15, 0.2) is 0 Å². The fourth-order valence-electron chi connectivity index (χ4n) is 4.11. The Morgan fingerprint density at radius 1 is 0.743 bits per heavy atom. The minimum Gasteiger partial charge on any atom is -0.762 e. The molecule has 0 radical (unpaired) electrons. The summed E-state index contributed by atoms with van der Waals surface area (Å²) in [5.74, 6) is 3.32. The molecule has 4 aromatic rings. The number of rotatable bonds is 6. The first-order valence-electron chi connectivity index (χ1n) is 10.7. The van der Waals surface area contributed by atoms with E-state index in [-0.39, 0.29) is 23.3 Å². The Balaban J connectivity index is 1.89. The molecule has 0 bridgehead atoms. The molecule has 0 aliphatic rings. The third-order valence-electron chi connectivity index (χ3n) is 5.67. The summed E-state index contributed by atoms with van der Waals surface area (Å²) < 4.78 is 5.46. The van der Waals surface area contributed by atoms with E-state index in [0.717, 1.165) is 5.56 Å². The maximum absolute atomic E-state index is 12.8. The summed E-state index contributed by atoms with van der Waals surface area (Å²) in [6, 6.07) is 25.2. The van der Waals surface area contributed by atoms with Crippen LogP contribution in [0.5, 0.6) is 0 Å². The fourth-order valence-corrected chi connectivity index (χ4v) is 4.11. The van der Waals surface area contributed by atoms with Gasteiger partial charge in [-0.1, -0.05) is 60.7 Å². The molecule has 0 heterocycles. The Kier molecular flexibility index (Phi) is 6.64. The molecule has 0 saturated heterocycles. The van der Waals surface area contributed by atoms with Crippen molar-refractivity contribution in [1.82, 2.24) is 0 Å². The summed E-state index contributed by atoms with van der Waals surface area (Å²) >= 11 is 0. The number of nitrogens with zero attached hydrogens (tertiary/aromatic N) is 4. The number of carbonyl (C=O) groups is 1. The first kappa shape index (κ1) is 22.9. The number of ether oxygens (including phenoxy) is 1. The van der Waals surface area contributed by atoms with Gasteiger partial charge in [-0.05, 0) is 39.2 Å². The van der Waals surface area contributed by atoms with Crippen molar-refractivity contribution in [2.45, 2.75) is 6.42 Å². The fraction of sp³-hybridized carbons (Fsp3) is 0.0690. The predicted octanol–water partition coefficient (Wildman–Crippen LogP) is 5.68. The van der Waals surface area contributed by atoms with E-state index in [4.69, 9.17) is 4.74 Å². The highest BCUT2D eigenvalue weighted by molar-refractivity contribution is 6.23. The van der Waals surface area contributed by atoms with Crippen molar-refractivity contribution < 1.29 is 9.53 Å². The molecule has 166 valence electrons. The van der Waals surface area contributed by atoms with Gasteiger partial charge in [-0.3, -0.25) is 0 Å². The van der Waals surface area contributed by atoms with E-state index in [1.807, 2.05) is 54.2 Å². The molecule has 0 spiro atoms. The zero-order chi connectivity index (χ0) is 24.8. The molecule has 0 N–H and O–H groups in total. The second-order valence-electron chi connectivity index (χ2n) is 7.62. The van der Waals surface area contributed by atoms with Gasteiger partial charge in [-0.25, -0.2) is 16.5 Å². The van der Waals surface area contributed by atoms with Crippen molar-refractivity contribution in [2.75, 3.05) is 6.61 Å². The molecule has 0 fully saturated rings. The van der Waals surface area contributed by atoms with Crippen molar-refractivity contribution in [3.63, 3.8) is 0 Å². The lowest BCUT2D eigenvalue weighted by atomic mass is 9.86. The van der Waals surface area contributed by atoms with E-state index in [9.17, 15) is 26.1 Å². The van der Waals surface area contributed by atoms with Crippen LogP contribution in [-0.2, 0) is 11.2 Å². The van der Waals surface area contributed by atoms with Crippen LogP contribution in [-0.4, -0.2) is 24.3 Å². The summed E-state index contributed by atoms with van der Waals surface area (Å²) in [5.41, 5.74) is 1.77. The number of nitriles is 2. The molecule has 35 heavy (non-hydrogen) atoms. The SMILES string of the molecule is N#CC(=C=[N-])c1c2ccccc2c(C(=C=[N-])C#N)c2cc(C(=O)OCCc3ccccc3)ccc12. The van der Waals surface area contributed by atoms with Crippen LogP contribution in [0.15, 0.2) is 72.8 Å². The summed E-state index contributed by atoms with van der Waals surface area (Å²) in [6.45, 7) is 0.186. The van der Waals surface area contributed by atoms with Crippen LogP contribution < -0.4 is 0 Å². The first-order valence-corrected chi connectivity index (χ1v) is 10.7. The molecule has 0 aliphatic carbocycles. The highest BCUT2D eigenvalue weighted by Gasteiger charge is 2.20. The minimum absolute atomic E-state index is 0.105. The number of esters is 1. The van der Waals surface area contributed by atoms with E-state index in [1.54, 1.807) is 42.5 Å². The van der Waals surface area contributed by atoms with Gasteiger partial charge >= 0.3 is 5.97 Å². The van der Waals surface area contributed by atoms with Gasteiger partial charge in [0.25, 0.3) is 0 Å². The third-order valence-corrected chi connectivity index (χ3v) is 5.67. The Morgan fingerprint density at radius 2 is 1.29 bits per heavy atom. The molecule has 6 nitrogen and oxygen atoms in total. The average Bonchev–Trinajstić information content (AvgIpc) is 2.91. The lowest BCUT2D eigenvalue weighted by molar-refractivity contribution is 0.0509. The molecular weight excluding hydrogens is 436 g/mol. The van der Waals surface area contributed by atoms with E-state index >= 15 is 0 Å². The van der Waals surface area contributed by atoms with Crippen LogP contribution in [0.25, 0.3) is 43.5 Å². The van der Waals surface area contributed by atoms with Crippen LogP contribution in [0.2, 0.25) is 0 Å². The molecule has 4 rings (SSSR count). The number of benzene rings is 4. The quantitative estimate of drug-likeness (QED) is 0.162. The Bertz CT molecular complexity index is 1660. The van der Waals surface area contributed by atoms with E-state index in [2.05, 4.69) is 0 Å². The van der Waals surface area contributed by atoms with Crippen LogP contribution in [0.4, 0.5) is 0 Å². The number of hydrogen-bond acceptors (Lipinski definition) is 4. The molecule has 0 aliphatic heterocycles. The summed E-state index contributed by atoms with van der Waals surface area (Å²) in [7, 11) is 0. The van der Waals surface area contributed by atoms with Crippen molar-refractivity contribution in [1.29, 1.82) is 10.5 Å². The summed E-state index contributed by atoms with van der Waals surface area (Å²) in [4.78, 5) is 12.8. The molecule has 0 saturated carbocycles. The second-order valence-corrected chi connectivity index (χ2v) is 7.62. The van der Waals surface area contributed by atoms with Crippen LogP contribution in [0, 0.1) is 22.7 Å². The van der Waals surface area contributed by atoms with Gasteiger partial charge < -0.3 is 15.6 Å². The summed E-state index contributed by atoms with van der Waals surface area (Å²) in [5, 5.41) is 40.5. The molecule has 0 aromatic heterocycles. The van der Waals surface area contributed by atoms with E-state index in [0.29, 0.717) is 39.1 Å². The summed E-state index contributed by atoms with van der Waals surface area (Å²) in [6.07, 6.45) is 0.559. The number of hydrogen-bond donors (Lipinski definition) is 0. The molecule has 4 aromatic carbocycles. The maximum atomic E-state index is 12.8. The van der Waals surface area contributed by atoms with E-state index < -0.39 is 5.97 Å². The van der Waals surface area contributed by atoms with Crippen molar-refractivity contribution in [2.24, 2.45) is 0 Å². The largest absolute Gasteiger partial charge is 0.762 e. The first-order chi connectivity index (χ1) is 17.1. The van der Waals surface area contributed by atoms with Crippen molar-refractivity contribution in [3.05, 3.63) is 106 Å². The lowest BCUT2D eigenvalue weighted by Crippen LogP contribution is -2.08. The van der Waals surface area contributed by atoms with Crippen LogP contribution in [0.1, 0.15) is 27.0 Å². The van der Waals surface area contributed by atoms with Gasteiger partial charge in [0.1, 0.15) is 12.1 Å². The third kappa shape index (κ3) is 4.35. The Hall–Kier alpha value is -5.25. The minimum atomic E-state index is -0.552. The lowest BCUT2D eigenvalue weighted by Gasteiger charge is -2.16. The topological polar surface area (TPSA) is 118 Å². The smallest absolute Gasteiger partial charge is 0.338 e. The Labute approximate surface area is 201 Å². The second kappa shape index (κ2) is 10.1. The zero-order valence-electron chi connectivity index (χ0n) is 18.4. The Morgan fingerprint density at radius 3 is 1.86 bits per heavy atom. The van der Waals surface area contributed by atoms with Crippen molar-refractivity contribution in [3.8, 4) is 12.1 Å². The number of fused-ring (bicyclic) bond motifs is 2. The average molecular weight is 452 g/mol. The van der Waals surface area contributed by atoms with Gasteiger partial charge in [0.05, 0.1) is 23.3 Å². The van der Waals surface area contributed by atoms with Gasteiger partial charge in [0, 0.05) is 17.5 Å². The van der Waals surface area contributed by atoms with Crippen LogP contribution >= 0.6 is 0 Å². The molecular formula is C29H16N4O2-2. The standard InChI is InChI=1S/C29H16N4O2/c30-15-21(16-31)27-23-8-4-5-9-24(23)28(22(17-32)18-33)26-14-20(10-11-25(26)27)29(34)35-13-12-19-6-2-1-3-7-19/h1-11,14H,12-13H2/q-2. The van der Waals surface area contributed by atoms with Gasteiger partial charge in [-0.15, -0.1) is 0 Å². The molecule has 0 unspecified atom stereocenters. The molecule has 0 atom stereocenters. The highest BCUT2D eigenvalue weighted by atomic mass is 16.5. The molecule has 0 amide bonds. The predicted molar refractivity (Wildman–Crippen MR) is 137 cm³/mol. The monoisotopic (exact) mass is 452 g/mol. The zero-order valence-corrected chi connectivity index (χ0v) is 18.4. The van der Waals surface area contributed by atoms with Crippen LogP contribution in [0.3, 0.4) is 0 Å². The number of carbonyl (C=O) groups excluding carboxylic acids is 1. The van der Waals surface area contributed by atoms with Crippen molar-refractivity contribution >= 4 is 50.4 Å². The normalized spacial score (nSPS) is 10.0. The van der Waals surface area contributed by atoms with Gasteiger partial charge in [-0.2, -0.15) is 10.5 Å². The molecule has 6 heteroatoms. The van der Waals surface area contributed by atoms with Gasteiger partial charge in [0.2, 0.25) is 0 Å². The maximum Gasteiger partial charge on any atom is 0.338 e.